The average Bonchev–Trinajstić information content (AvgIpc) is 2.39. The minimum absolute atomic E-state index is 0.129. The number of piperazine rings is 1. The Hall–Kier alpha value is -1.32. The number of likely N-dealkylation sites (N-methyl/N-ethyl adjacent to an activating group) is 1. The average molecular weight is 265 g/mol. The van der Waals surface area contributed by atoms with Crippen molar-refractivity contribution < 1.29 is 4.79 Å². The maximum absolute atomic E-state index is 11.7. The van der Waals surface area contributed by atoms with E-state index in [2.05, 4.69) is 23.4 Å². The van der Waals surface area contributed by atoms with Crippen LogP contribution in [0.5, 0.6) is 0 Å². The monoisotopic (exact) mass is 264 g/mol. The van der Waals surface area contributed by atoms with Crippen LogP contribution < -0.4 is 4.90 Å². The lowest BCUT2D eigenvalue weighted by Gasteiger charge is -2.34. The molecule has 1 aliphatic heterocycles. The Kier molecular flexibility index (Phi) is 4.04. The van der Waals surface area contributed by atoms with Crippen LogP contribution in [0.4, 0.5) is 5.69 Å². The highest BCUT2D eigenvalue weighted by Gasteiger charge is 2.16. The van der Waals surface area contributed by atoms with Crippen molar-refractivity contribution in [1.82, 2.24) is 4.90 Å². The molecule has 0 aromatic heterocycles. The van der Waals surface area contributed by atoms with Crippen LogP contribution in [0.25, 0.3) is 0 Å². The van der Waals surface area contributed by atoms with E-state index in [4.69, 9.17) is 11.6 Å². The second kappa shape index (κ2) is 5.55. The lowest BCUT2D eigenvalue weighted by atomic mass is 10.1. The first-order valence-corrected chi connectivity index (χ1v) is 6.39. The summed E-state index contributed by atoms with van der Waals surface area (Å²) >= 11 is 6.04. The lowest BCUT2D eigenvalue weighted by Crippen LogP contribution is -2.44. The highest BCUT2D eigenvalue weighted by molar-refractivity contribution is 6.34. The van der Waals surface area contributed by atoms with E-state index in [-0.39, 0.29) is 5.78 Å². The summed E-state index contributed by atoms with van der Waals surface area (Å²) in [5.74, 6) is -0.129. The molecule has 1 aromatic rings. The number of allylic oxidation sites excluding steroid dienone is 1. The second-order valence-corrected chi connectivity index (χ2v) is 4.93. The Morgan fingerprint density at radius 3 is 2.61 bits per heavy atom. The number of carbonyl (C=O) groups excluding carboxylic acids is 1. The van der Waals surface area contributed by atoms with Crippen molar-refractivity contribution >= 4 is 23.1 Å². The van der Waals surface area contributed by atoms with Gasteiger partial charge in [-0.25, -0.2) is 0 Å². The molecular weight excluding hydrogens is 248 g/mol. The van der Waals surface area contributed by atoms with Crippen LogP contribution in [-0.2, 0) is 0 Å². The Bertz CT molecular complexity index is 465. The molecule has 0 N–H and O–H groups in total. The van der Waals surface area contributed by atoms with Crippen molar-refractivity contribution in [3.8, 4) is 0 Å². The highest BCUT2D eigenvalue weighted by atomic mass is 35.5. The number of halogens is 1. The van der Waals surface area contributed by atoms with Gasteiger partial charge in [0, 0.05) is 37.4 Å². The molecule has 0 aliphatic carbocycles. The Morgan fingerprint density at radius 1 is 1.33 bits per heavy atom. The van der Waals surface area contributed by atoms with Crippen LogP contribution >= 0.6 is 11.6 Å². The molecule has 1 aliphatic rings. The summed E-state index contributed by atoms with van der Waals surface area (Å²) in [4.78, 5) is 16.3. The molecule has 1 fully saturated rings. The number of hydrogen-bond acceptors (Lipinski definition) is 3. The van der Waals surface area contributed by atoms with Gasteiger partial charge in [0.05, 0.1) is 5.02 Å². The van der Waals surface area contributed by atoms with E-state index in [9.17, 15) is 4.79 Å². The van der Waals surface area contributed by atoms with Gasteiger partial charge in [0.25, 0.3) is 0 Å². The minimum Gasteiger partial charge on any atom is -0.369 e. The predicted octanol–water partition coefficient (Wildman–Crippen LogP) is 2.46. The zero-order valence-corrected chi connectivity index (χ0v) is 11.3. The van der Waals surface area contributed by atoms with Gasteiger partial charge in [-0.3, -0.25) is 4.79 Å². The third-order valence-electron chi connectivity index (χ3n) is 3.27. The van der Waals surface area contributed by atoms with Gasteiger partial charge >= 0.3 is 0 Å². The third-order valence-corrected chi connectivity index (χ3v) is 3.60. The summed E-state index contributed by atoms with van der Waals surface area (Å²) < 4.78 is 0. The van der Waals surface area contributed by atoms with E-state index in [1.807, 2.05) is 12.1 Å². The standard InChI is InChI=1S/C14H17ClN2O/c1-3-14(18)12-10-11(4-5-13(12)15)17-8-6-16(2)7-9-17/h3-5,10H,1,6-9H2,2H3. The first-order chi connectivity index (χ1) is 8.61. The zero-order chi connectivity index (χ0) is 13.1. The molecule has 18 heavy (non-hydrogen) atoms. The number of rotatable bonds is 3. The van der Waals surface area contributed by atoms with Crippen molar-refractivity contribution in [3.05, 3.63) is 41.4 Å². The number of hydrogen-bond donors (Lipinski definition) is 0. The van der Waals surface area contributed by atoms with Gasteiger partial charge in [-0.05, 0) is 31.3 Å². The molecule has 0 bridgehead atoms. The summed E-state index contributed by atoms with van der Waals surface area (Å²) in [5, 5.41) is 0.484. The number of anilines is 1. The summed E-state index contributed by atoms with van der Waals surface area (Å²) in [5.41, 5.74) is 1.58. The lowest BCUT2D eigenvalue weighted by molar-refractivity contribution is 0.104. The molecule has 1 aromatic carbocycles. The smallest absolute Gasteiger partial charge is 0.186 e. The van der Waals surface area contributed by atoms with Crippen molar-refractivity contribution in [2.45, 2.75) is 0 Å². The maximum Gasteiger partial charge on any atom is 0.186 e. The first-order valence-electron chi connectivity index (χ1n) is 6.01. The quantitative estimate of drug-likeness (QED) is 0.619. The van der Waals surface area contributed by atoms with Crippen molar-refractivity contribution in [2.75, 3.05) is 38.1 Å². The predicted molar refractivity (Wildman–Crippen MR) is 75.7 cm³/mol. The van der Waals surface area contributed by atoms with E-state index < -0.39 is 0 Å². The largest absolute Gasteiger partial charge is 0.369 e. The van der Waals surface area contributed by atoms with Gasteiger partial charge in [0.15, 0.2) is 5.78 Å². The molecule has 0 radical (unpaired) electrons. The van der Waals surface area contributed by atoms with Crippen LogP contribution in [-0.4, -0.2) is 43.9 Å². The molecule has 0 unspecified atom stereocenters. The number of ketones is 1. The van der Waals surface area contributed by atoms with Gasteiger partial charge in [-0.15, -0.1) is 0 Å². The molecule has 0 spiro atoms. The first kappa shape index (κ1) is 13.1. The Balaban J connectivity index is 2.24. The fourth-order valence-electron chi connectivity index (χ4n) is 2.07. The van der Waals surface area contributed by atoms with Crippen molar-refractivity contribution in [1.29, 1.82) is 0 Å². The van der Waals surface area contributed by atoms with Gasteiger partial charge < -0.3 is 9.80 Å². The molecule has 2 rings (SSSR count). The molecular formula is C14H17ClN2O. The molecule has 3 nitrogen and oxygen atoms in total. The van der Waals surface area contributed by atoms with E-state index >= 15 is 0 Å². The Morgan fingerprint density at radius 2 is 2.00 bits per heavy atom. The molecule has 96 valence electrons. The van der Waals surface area contributed by atoms with E-state index in [0.29, 0.717) is 10.6 Å². The maximum atomic E-state index is 11.7. The zero-order valence-electron chi connectivity index (χ0n) is 10.5. The van der Waals surface area contributed by atoms with Crippen LogP contribution in [0.3, 0.4) is 0 Å². The fraction of sp³-hybridized carbons (Fsp3) is 0.357. The number of carbonyl (C=O) groups is 1. The normalized spacial score (nSPS) is 16.7. The minimum atomic E-state index is -0.129. The summed E-state index contributed by atoms with van der Waals surface area (Å²) in [6, 6.07) is 5.61. The number of benzene rings is 1. The molecule has 0 amide bonds. The summed E-state index contributed by atoms with van der Waals surface area (Å²) in [6.45, 7) is 7.52. The van der Waals surface area contributed by atoms with Crippen LogP contribution in [0, 0.1) is 0 Å². The SMILES string of the molecule is C=CC(=O)c1cc(N2CCN(C)CC2)ccc1Cl. The van der Waals surface area contributed by atoms with Crippen LogP contribution in [0.15, 0.2) is 30.9 Å². The molecule has 1 saturated heterocycles. The summed E-state index contributed by atoms with van der Waals surface area (Å²) in [7, 11) is 2.12. The molecule has 0 saturated carbocycles. The van der Waals surface area contributed by atoms with Gasteiger partial charge in [-0.2, -0.15) is 0 Å². The number of nitrogens with zero attached hydrogens (tertiary/aromatic N) is 2. The third kappa shape index (κ3) is 2.74. The molecule has 1 heterocycles. The van der Waals surface area contributed by atoms with Crippen molar-refractivity contribution in [2.24, 2.45) is 0 Å². The topological polar surface area (TPSA) is 23.6 Å². The van der Waals surface area contributed by atoms with Gasteiger partial charge in [-0.1, -0.05) is 18.2 Å². The van der Waals surface area contributed by atoms with Crippen molar-refractivity contribution in [3.63, 3.8) is 0 Å². The highest BCUT2D eigenvalue weighted by Crippen LogP contribution is 2.24. The molecule has 4 heteroatoms. The van der Waals surface area contributed by atoms with E-state index in [1.165, 1.54) is 6.08 Å². The van der Waals surface area contributed by atoms with Crippen LogP contribution in [0.1, 0.15) is 10.4 Å². The molecule has 0 atom stereocenters. The van der Waals surface area contributed by atoms with Crippen LogP contribution in [0.2, 0.25) is 5.02 Å². The van der Waals surface area contributed by atoms with E-state index in [0.717, 1.165) is 31.9 Å². The van der Waals surface area contributed by atoms with Gasteiger partial charge in [0.2, 0.25) is 0 Å². The fourth-order valence-corrected chi connectivity index (χ4v) is 2.28. The summed E-state index contributed by atoms with van der Waals surface area (Å²) in [6.07, 6.45) is 1.30. The Labute approximate surface area is 113 Å². The van der Waals surface area contributed by atoms with Gasteiger partial charge in [0.1, 0.15) is 0 Å². The van der Waals surface area contributed by atoms with E-state index in [1.54, 1.807) is 6.07 Å². The second-order valence-electron chi connectivity index (χ2n) is 4.52.